The monoisotopic (exact) mass is 960 g/mol. The van der Waals surface area contributed by atoms with Crippen molar-refractivity contribution in [2.75, 3.05) is 40.9 Å². The standard InChI is InChI=1S/C46H81N5O16/c1-15-33-46(11,58)39(54)29(6)49(17-16-35(52)62-19-18-50-31(8)47-23-34(50)51(59)60)24-25(2)21-44(9,57)41(67-43-37(53)32(48(12)13)20-26(3)63-43)27(4)38(28(5)42(56)65-33)66-36-22-45(10,61-14)40(55)30(7)64-36/h23,25-30,32-33,36-41,43,53-55,57-58H,15-22,24H2,1-14H3/t25-,26-,27+,28-,29-,30+,32+,33-,36+,37-,38+,39-,40+,41-,43+,44-,45-,46-/m1/s1. The number of hydrogen-bond donors (Lipinski definition) is 5. The Balaban J connectivity index is 1.75. The Morgan fingerprint density at radius 1 is 1.01 bits per heavy atom. The lowest BCUT2D eigenvalue weighted by molar-refractivity contribution is -0.392. The molecule has 3 aliphatic heterocycles. The van der Waals surface area contributed by atoms with Gasteiger partial charge < -0.3 is 73.7 Å². The van der Waals surface area contributed by atoms with Crippen LogP contribution in [0.4, 0.5) is 5.82 Å². The van der Waals surface area contributed by atoms with Crippen molar-refractivity contribution >= 4 is 17.8 Å². The Hall–Kier alpha value is -2.93. The first-order chi connectivity index (χ1) is 31.1. The second kappa shape index (κ2) is 23.3. The summed E-state index contributed by atoms with van der Waals surface area (Å²) in [6.07, 6.45) is -8.83. The fraction of sp³-hybridized carbons (Fsp3) is 0.891. The van der Waals surface area contributed by atoms with Gasteiger partial charge in [-0.2, -0.15) is 0 Å². The van der Waals surface area contributed by atoms with E-state index in [-0.39, 0.29) is 69.9 Å². The largest absolute Gasteiger partial charge is 0.461 e. The highest BCUT2D eigenvalue weighted by molar-refractivity contribution is 5.73. The number of esters is 2. The molecule has 0 bridgehead atoms. The number of aromatic nitrogens is 2. The van der Waals surface area contributed by atoms with Gasteiger partial charge in [0.1, 0.15) is 49.4 Å². The lowest BCUT2D eigenvalue weighted by atomic mass is 9.77. The third-order valence-corrected chi connectivity index (χ3v) is 14.4. The molecule has 3 fully saturated rings. The molecule has 0 radical (unpaired) electrons. The Bertz CT molecular complexity index is 1780. The van der Waals surface area contributed by atoms with E-state index in [0.717, 1.165) is 6.20 Å². The molecule has 0 saturated carbocycles. The number of hydrogen-bond acceptors (Lipinski definition) is 19. The predicted molar refractivity (Wildman–Crippen MR) is 242 cm³/mol. The van der Waals surface area contributed by atoms with Crippen LogP contribution >= 0.6 is 0 Å². The number of rotatable bonds is 14. The number of cyclic esters (lactones) is 1. The van der Waals surface area contributed by atoms with Crippen molar-refractivity contribution in [2.24, 2.45) is 17.8 Å². The van der Waals surface area contributed by atoms with E-state index in [1.165, 1.54) is 18.6 Å². The zero-order valence-electron chi connectivity index (χ0n) is 42.1. The minimum absolute atomic E-state index is 0.00507. The lowest BCUT2D eigenvalue weighted by Gasteiger charge is -2.48. The Morgan fingerprint density at radius 3 is 2.27 bits per heavy atom. The van der Waals surface area contributed by atoms with E-state index < -0.39 is 113 Å². The van der Waals surface area contributed by atoms with Crippen LogP contribution in [-0.4, -0.2) is 193 Å². The van der Waals surface area contributed by atoms with Crippen LogP contribution in [0.15, 0.2) is 6.20 Å². The molecule has 3 aliphatic rings. The molecular weight excluding hydrogens is 879 g/mol. The SMILES string of the molecule is CC[C@H]1OC(=O)[C@H](C)[C@@H](O[C@H]2C[C@@](C)(OC)[C@@H](O)[C@H](C)O2)[C@H](C)[C@@H](O[C@@H]2O[C@H](C)C[C@H](N(C)C)[C@H]2O)[C@](C)(O)C[C@@H](C)CN(CCC(=O)OCCn2c([N+](=O)[O-])cnc2C)[C@H](C)[C@@H](O)[C@]1(C)O. The number of likely N-dealkylation sites (N-methyl/N-ethyl adjacent to an activating group) is 1. The average molecular weight is 960 g/mol. The minimum atomic E-state index is -2.02. The van der Waals surface area contributed by atoms with Crippen molar-refractivity contribution < 1.29 is 73.2 Å². The van der Waals surface area contributed by atoms with Crippen LogP contribution in [0, 0.1) is 34.8 Å². The number of imidazole rings is 1. The zero-order chi connectivity index (χ0) is 50.5. The van der Waals surface area contributed by atoms with Crippen molar-refractivity contribution in [3.05, 3.63) is 22.1 Å². The third-order valence-electron chi connectivity index (χ3n) is 14.4. The molecule has 1 aromatic heterocycles. The van der Waals surface area contributed by atoms with E-state index in [9.17, 15) is 45.2 Å². The fourth-order valence-corrected chi connectivity index (χ4v) is 10.3. The van der Waals surface area contributed by atoms with E-state index in [0.29, 0.717) is 12.2 Å². The van der Waals surface area contributed by atoms with Gasteiger partial charge in [0, 0.05) is 51.5 Å². The highest BCUT2D eigenvalue weighted by Crippen LogP contribution is 2.40. The average Bonchev–Trinajstić information content (AvgIpc) is 3.63. The summed E-state index contributed by atoms with van der Waals surface area (Å²) in [5.74, 6) is -3.62. The van der Waals surface area contributed by atoms with Gasteiger partial charge in [-0.05, 0) is 92.7 Å². The Labute approximate surface area is 395 Å². The molecule has 21 heteroatoms. The van der Waals surface area contributed by atoms with E-state index in [1.54, 1.807) is 60.3 Å². The van der Waals surface area contributed by atoms with Gasteiger partial charge in [0.2, 0.25) is 0 Å². The van der Waals surface area contributed by atoms with Crippen molar-refractivity contribution in [1.29, 1.82) is 0 Å². The second-order valence-electron chi connectivity index (χ2n) is 20.3. The molecule has 4 heterocycles. The first-order valence-corrected chi connectivity index (χ1v) is 23.7. The van der Waals surface area contributed by atoms with Crippen LogP contribution in [-0.2, 0) is 49.3 Å². The molecule has 0 aliphatic carbocycles. The van der Waals surface area contributed by atoms with Crippen LogP contribution in [0.1, 0.15) is 107 Å². The summed E-state index contributed by atoms with van der Waals surface area (Å²) in [5.41, 5.74) is -4.85. The second-order valence-corrected chi connectivity index (χ2v) is 20.3. The molecule has 21 nitrogen and oxygen atoms in total. The Kier molecular flexibility index (Phi) is 19.7. The maximum absolute atomic E-state index is 14.5. The molecular formula is C46H81N5O16. The topological polar surface area (TPSA) is 267 Å². The van der Waals surface area contributed by atoms with Crippen molar-refractivity contribution in [3.63, 3.8) is 0 Å². The molecule has 1 aromatic rings. The summed E-state index contributed by atoms with van der Waals surface area (Å²) in [5, 5.41) is 71.2. The van der Waals surface area contributed by atoms with Gasteiger partial charge in [-0.3, -0.25) is 14.5 Å². The summed E-state index contributed by atoms with van der Waals surface area (Å²) in [4.78, 5) is 46.3. The van der Waals surface area contributed by atoms with Crippen LogP contribution in [0.25, 0.3) is 0 Å². The zero-order valence-corrected chi connectivity index (χ0v) is 42.1. The van der Waals surface area contributed by atoms with E-state index in [4.69, 9.17) is 33.2 Å². The van der Waals surface area contributed by atoms with Crippen LogP contribution < -0.4 is 0 Å². The summed E-state index contributed by atoms with van der Waals surface area (Å²) in [6, 6.07) is -1.21. The van der Waals surface area contributed by atoms with Crippen LogP contribution in [0.5, 0.6) is 0 Å². The molecule has 4 rings (SSSR count). The Morgan fingerprint density at radius 2 is 1.67 bits per heavy atom. The van der Waals surface area contributed by atoms with Crippen molar-refractivity contribution in [1.82, 2.24) is 19.4 Å². The smallest absolute Gasteiger partial charge is 0.342 e. The van der Waals surface area contributed by atoms with Gasteiger partial charge in [0.05, 0.1) is 48.0 Å². The number of methoxy groups -OCH3 is 1. The van der Waals surface area contributed by atoms with Gasteiger partial charge in [-0.25, -0.2) is 9.55 Å². The normalized spacial score (nSPS) is 41.0. The molecule has 3 saturated heterocycles. The summed E-state index contributed by atoms with van der Waals surface area (Å²) in [6.45, 7) is 18.6. The summed E-state index contributed by atoms with van der Waals surface area (Å²) in [7, 11) is 5.18. The summed E-state index contributed by atoms with van der Waals surface area (Å²) >= 11 is 0. The van der Waals surface area contributed by atoms with E-state index in [2.05, 4.69) is 4.98 Å². The number of aliphatic hydroxyl groups is 5. The van der Waals surface area contributed by atoms with Crippen molar-refractivity contribution in [3.8, 4) is 0 Å². The number of carbonyl (C=O) groups is 2. The highest BCUT2D eigenvalue weighted by Gasteiger charge is 2.53. The highest BCUT2D eigenvalue weighted by atomic mass is 16.7. The number of aryl methyl sites for hydroxylation is 1. The number of aliphatic hydroxyl groups excluding tert-OH is 3. The van der Waals surface area contributed by atoms with E-state index in [1.807, 2.05) is 32.8 Å². The summed E-state index contributed by atoms with van der Waals surface area (Å²) < 4.78 is 44.7. The maximum atomic E-state index is 14.5. The van der Waals surface area contributed by atoms with Gasteiger partial charge >= 0.3 is 17.8 Å². The van der Waals surface area contributed by atoms with Gasteiger partial charge in [0.25, 0.3) is 0 Å². The van der Waals surface area contributed by atoms with Crippen molar-refractivity contribution in [2.45, 2.75) is 205 Å². The number of carbonyl (C=O) groups excluding carboxylic acids is 2. The van der Waals surface area contributed by atoms with E-state index >= 15 is 0 Å². The first-order valence-electron chi connectivity index (χ1n) is 23.7. The molecule has 0 aromatic carbocycles. The minimum Gasteiger partial charge on any atom is -0.461 e. The number of ether oxygens (including phenoxy) is 7. The molecule has 386 valence electrons. The molecule has 67 heavy (non-hydrogen) atoms. The lowest BCUT2D eigenvalue weighted by Crippen LogP contribution is -2.60. The number of nitrogens with zero attached hydrogens (tertiary/aromatic N) is 5. The van der Waals surface area contributed by atoms with Crippen LogP contribution in [0.3, 0.4) is 0 Å². The molecule has 18 atom stereocenters. The fourth-order valence-electron chi connectivity index (χ4n) is 10.3. The van der Waals surface area contributed by atoms with Gasteiger partial charge in [-0.15, -0.1) is 0 Å². The van der Waals surface area contributed by atoms with Gasteiger partial charge in [-0.1, -0.05) is 20.8 Å². The third kappa shape index (κ3) is 13.5. The van der Waals surface area contributed by atoms with Gasteiger partial charge in [0.15, 0.2) is 18.4 Å². The first kappa shape index (κ1) is 56.7. The molecule has 0 unspecified atom stereocenters. The quantitative estimate of drug-likeness (QED) is 0.102. The molecule has 5 N–H and O–H groups in total. The molecule has 0 amide bonds. The van der Waals surface area contributed by atoms with Crippen LogP contribution in [0.2, 0.25) is 0 Å². The predicted octanol–water partition coefficient (Wildman–Crippen LogP) is 2.32. The molecule has 0 spiro atoms. The number of nitro groups is 1. The maximum Gasteiger partial charge on any atom is 0.342 e.